The molecule has 1 amide bonds. The van der Waals surface area contributed by atoms with Gasteiger partial charge in [0.15, 0.2) is 0 Å². The Hall–Kier alpha value is -1.66. The number of para-hydroxylation sites is 1. The molecule has 6 heteroatoms. The Kier molecular flexibility index (Phi) is 8.05. The molecule has 5 nitrogen and oxygen atoms in total. The lowest BCUT2D eigenvalue weighted by molar-refractivity contribution is -0.116. The molecule has 27 heavy (non-hydrogen) atoms. The number of hydrogen-bond acceptors (Lipinski definition) is 3. The summed E-state index contributed by atoms with van der Waals surface area (Å²) in [5, 5.41) is 2.97. The molecule has 0 atom stereocenters. The minimum Gasteiger partial charge on any atom is -0.326 e. The maximum atomic E-state index is 12.4. The number of carbonyl (C=O) groups excluding carboxylic acids is 1. The molecule has 1 aromatic rings. The zero-order chi connectivity index (χ0) is 19.9. The summed E-state index contributed by atoms with van der Waals surface area (Å²) < 4.78 is 25.6. The summed E-state index contributed by atoms with van der Waals surface area (Å²) in [6, 6.07) is 5.95. The monoisotopic (exact) mass is 392 g/mol. The predicted octanol–water partition coefficient (Wildman–Crippen LogP) is 4.04. The van der Waals surface area contributed by atoms with Crippen LogP contribution >= 0.6 is 0 Å². The van der Waals surface area contributed by atoms with E-state index < -0.39 is 10.0 Å². The van der Waals surface area contributed by atoms with E-state index in [0.29, 0.717) is 6.54 Å². The van der Waals surface area contributed by atoms with Gasteiger partial charge in [0, 0.05) is 25.2 Å². The van der Waals surface area contributed by atoms with Gasteiger partial charge < -0.3 is 5.32 Å². The summed E-state index contributed by atoms with van der Waals surface area (Å²) >= 11 is 0. The first-order valence-electron chi connectivity index (χ1n) is 9.82. The average Bonchev–Trinajstić information content (AvgIpc) is 2.63. The number of sulfonamides is 1. The Morgan fingerprint density at radius 3 is 2.63 bits per heavy atom. The fraction of sp³-hybridized carbons (Fsp3) is 0.571. The Balaban J connectivity index is 1.94. The lowest BCUT2D eigenvalue weighted by Gasteiger charge is -2.22. The summed E-state index contributed by atoms with van der Waals surface area (Å²) in [6.45, 7) is 4.68. The topological polar surface area (TPSA) is 66.5 Å². The predicted molar refractivity (Wildman–Crippen MR) is 111 cm³/mol. The van der Waals surface area contributed by atoms with Crippen LogP contribution in [0.5, 0.6) is 0 Å². The van der Waals surface area contributed by atoms with Crippen molar-refractivity contribution in [3.63, 3.8) is 0 Å². The van der Waals surface area contributed by atoms with E-state index in [-0.39, 0.29) is 18.9 Å². The third kappa shape index (κ3) is 6.78. The van der Waals surface area contributed by atoms with E-state index in [1.807, 2.05) is 25.1 Å². The van der Waals surface area contributed by atoms with Gasteiger partial charge in [-0.2, -0.15) is 0 Å². The van der Waals surface area contributed by atoms with Gasteiger partial charge in [-0.15, -0.1) is 0 Å². The molecular formula is C21H32N2O3S. The van der Waals surface area contributed by atoms with E-state index >= 15 is 0 Å². The van der Waals surface area contributed by atoms with Crippen LogP contribution in [0, 0.1) is 6.92 Å². The smallest absolute Gasteiger partial charge is 0.225 e. The molecule has 0 heterocycles. The maximum Gasteiger partial charge on any atom is 0.225 e. The van der Waals surface area contributed by atoms with Crippen LogP contribution in [0.1, 0.15) is 56.6 Å². The lowest BCUT2D eigenvalue weighted by atomic mass is 9.97. The van der Waals surface area contributed by atoms with Crippen LogP contribution in [0.25, 0.3) is 0 Å². The Bertz CT molecular complexity index is 785. The van der Waals surface area contributed by atoms with Crippen LogP contribution < -0.4 is 5.32 Å². The second-order valence-electron chi connectivity index (χ2n) is 7.28. The van der Waals surface area contributed by atoms with Crippen LogP contribution in [-0.4, -0.2) is 38.0 Å². The van der Waals surface area contributed by atoms with Crippen molar-refractivity contribution in [1.82, 2.24) is 4.31 Å². The molecular weight excluding hydrogens is 360 g/mol. The van der Waals surface area contributed by atoms with Crippen molar-refractivity contribution in [1.29, 1.82) is 0 Å². The number of aryl methyl sites for hydroxylation is 2. The number of anilines is 1. The SMILES string of the molecule is CCc1cccc(C)c1NC(=O)CCN(CCC1=CCCCC1)S(C)(=O)=O. The summed E-state index contributed by atoms with van der Waals surface area (Å²) in [4.78, 5) is 12.4. The molecule has 0 saturated heterocycles. The van der Waals surface area contributed by atoms with Crippen LogP contribution in [-0.2, 0) is 21.2 Å². The van der Waals surface area contributed by atoms with Gasteiger partial charge in [-0.25, -0.2) is 12.7 Å². The maximum absolute atomic E-state index is 12.4. The molecule has 0 aliphatic heterocycles. The number of rotatable bonds is 9. The molecule has 1 aromatic carbocycles. The van der Waals surface area contributed by atoms with Crippen LogP contribution in [0.15, 0.2) is 29.8 Å². The average molecular weight is 393 g/mol. The summed E-state index contributed by atoms with van der Waals surface area (Å²) in [5.41, 5.74) is 4.30. The first kappa shape index (κ1) is 21.6. The number of hydrogen-bond donors (Lipinski definition) is 1. The minimum absolute atomic E-state index is 0.149. The van der Waals surface area contributed by atoms with Gasteiger partial charge in [0.2, 0.25) is 15.9 Å². The molecule has 0 spiro atoms. The molecule has 0 fully saturated rings. The summed E-state index contributed by atoms with van der Waals surface area (Å²) in [6.07, 6.45) is 9.76. The summed E-state index contributed by atoms with van der Waals surface area (Å²) in [7, 11) is -3.33. The zero-order valence-electron chi connectivity index (χ0n) is 16.8. The van der Waals surface area contributed by atoms with Crippen molar-refractivity contribution in [2.24, 2.45) is 0 Å². The van der Waals surface area contributed by atoms with Gasteiger partial charge in [0.05, 0.1) is 6.26 Å². The fourth-order valence-corrected chi connectivity index (χ4v) is 4.32. The largest absolute Gasteiger partial charge is 0.326 e. The standard InChI is InChI=1S/C21H32N2O3S/c1-4-19-12-8-9-17(2)21(19)22-20(24)14-16-23(27(3,25)26)15-13-18-10-6-5-7-11-18/h8-10,12H,4-7,11,13-16H2,1-3H3,(H,22,24). The van der Waals surface area contributed by atoms with E-state index in [1.165, 1.54) is 29.0 Å². The molecule has 1 aliphatic rings. The van der Waals surface area contributed by atoms with Crippen molar-refractivity contribution in [3.05, 3.63) is 41.0 Å². The van der Waals surface area contributed by atoms with Crippen molar-refractivity contribution in [3.8, 4) is 0 Å². The Labute approximate surface area is 163 Å². The molecule has 0 aromatic heterocycles. The zero-order valence-corrected chi connectivity index (χ0v) is 17.6. The second kappa shape index (κ2) is 10.0. The molecule has 0 radical (unpaired) electrons. The molecule has 150 valence electrons. The summed E-state index contributed by atoms with van der Waals surface area (Å²) in [5.74, 6) is -0.149. The highest BCUT2D eigenvalue weighted by molar-refractivity contribution is 7.88. The first-order chi connectivity index (χ1) is 12.8. The lowest BCUT2D eigenvalue weighted by Crippen LogP contribution is -2.34. The van der Waals surface area contributed by atoms with E-state index in [1.54, 1.807) is 0 Å². The number of carbonyl (C=O) groups is 1. The highest BCUT2D eigenvalue weighted by atomic mass is 32.2. The molecule has 2 rings (SSSR count). The molecule has 0 unspecified atom stereocenters. The molecule has 0 bridgehead atoms. The number of nitrogens with one attached hydrogen (secondary N) is 1. The van der Waals surface area contributed by atoms with Gasteiger partial charge >= 0.3 is 0 Å². The van der Waals surface area contributed by atoms with Crippen molar-refractivity contribution in [2.45, 2.75) is 58.8 Å². The van der Waals surface area contributed by atoms with Gasteiger partial charge in [-0.05, 0) is 56.6 Å². The van der Waals surface area contributed by atoms with E-state index in [9.17, 15) is 13.2 Å². The fourth-order valence-electron chi connectivity index (χ4n) is 3.47. The quantitative estimate of drug-likeness (QED) is 0.645. The van der Waals surface area contributed by atoms with Gasteiger partial charge in [-0.1, -0.05) is 36.8 Å². The van der Waals surface area contributed by atoms with Crippen LogP contribution in [0.4, 0.5) is 5.69 Å². The van der Waals surface area contributed by atoms with Crippen molar-refractivity contribution >= 4 is 21.6 Å². The van der Waals surface area contributed by atoms with Gasteiger partial charge in [-0.3, -0.25) is 4.79 Å². The number of amides is 1. The van der Waals surface area contributed by atoms with E-state index in [4.69, 9.17) is 0 Å². The Morgan fingerprint density at radius 2 is 2.00 bits per heavy atom. The molecule has 0 saturated carbocycles. The highest BCUT2D eigenvalue weighted by Crippen LogP contribution is 2.22. The van der Waals surface area contributed by atoms with Crippen molar-refractivity contribution in [2.75, 3.05) is 24.7 Å². The Morgan fingerprint density at radius 1 is 1.22 bits per heavy atom. The van der Waals surface area contributed by atoms with Crippen LogP contribution in [0.2, 0.25) is 0 Å². The number of allylic oxidation sites excluding steroid dienone is 1. The first-order valence-corrected chi connectivity index (χ1v) is 11.7. The number of benzene rings is 1. The normalized spacial score (nSPS) is 14.9. The molecule has 1 aliphatic carbocycles. The third-order valence-corrected chi connectivity index (χ3v) is 6.43. The van der Waals surface area contributed by atoms with Crippen molar-refractivity contribution < 1.29 is 13.2 Å². The van der Waals surface area contributed by atoms with Gasteiger partial charge in [0.1, 0.15) is 0 Å². The van der Waals surface area contributed by atoms with E-state index in [0.717, 1.165) is 42.5 Å². The van der Waals surface area contributed by atoms with Gasteiger partial charge in [0.25, 0.3) is 0 Å². The van der Waals surface area contributed by atoms with Crippen LogP contribution in [0.3, 0.4) is 0 Å². The second-order valence-corrected chi connectivity index (χ2v) is 9.26. The number of nitrogens with zero attached hydrogens (tertiary/aromatic N) is 1. The molecule has 1 N–H and O–H groups in total. The van der Waals surface area contributed by atoms with E-state index in [2.05, 4.69) is 18.3 Å². The minimum atomic E-state index is -3.33. The third-order valence-electron chi connectivity index (χ3n) is 5.13. The highest BCUT2D eigenvalue weighted by Gasteiger charge is 2.19.